The molecule has 3 aromatic carbocycles. The predicted molar refractivity (Wildman–Crippen MR) is 115 cm³/mol. The molecule has 0 saturated heterocycles. The van der Waals surface area contributed by atoms with Crippen molar-refractivity contribution in [3.63, 3.8) is 0 Å². The third-order valence-electron chi connectivity index (χ3n) is 4.26. The second-order valence-electron chi connectivity index (χ2n) is 6.67. The van der Waals surface area contributed by atoms with Crippen molar-refractivity contribution in [1.82, 2.24) is 0 Å². The zero-order valence-corrected chi connectivity index (χ0v) is 16.6. The Morgan fingerprint density at radius 1 is 0.871 bits per heavy atom. The molecule has 10 heteroatoms. The lowest BCUT2D eigenvalue weighted by Crippen LogP contribution is -2.17. The first-order valence-electron chi connectivity index (χ1n) is 9.04. The molecule has 0 aliphatic carbocycles. The Labute approximate surface area is 177 Å². The van der Waals surface area contributed by atoms with Crippen LogP contribution in [0.2, 0.25) is 0 Å². The lowest BCUT2D eigenvalue weighted by Gasteiger charge is -2.14. The van der Waals surface area contributed by atoms with Gasteiger partial charge in [0.1, 0.15) is 11.5 Å². The van der Waals surface area contributed by atoms with E-state index in [0.29, 0.717) is 17.2 Å². The molecule has 3 rings (SSSR count). The average molecular weight is 422 g/mol. The van der Waals surface area contributed by atoms with Crippen molar-refractivity contribution < 1.29 is 19.4 Å². The maximum absolute atomic E-state index is 12.6. The van der Waals surface area contributed by atoms with Crippen LogP contribution in [0.25, 0.3) is 0 Å². The van der Waals surface area contributed by atoms with Crippen LogP contribution in [-0.4, -0.2) is 29.8 Å². The lowest BCUT2D eigenvalue weighted by molar-refractivity contribution is -0.392. The van der Waals surface area contributed by atoms with E-state index in [9.17, 15) is 25.0 Å². The monoisotopic (exact) mass is 422 g/mol. The molecule has 0 saturated carbocycles. The summed E-state index contributed by atoms with van der Waals surface area (Å²) < 4.78 is 5.68. The van der Waals surface area contributed by atoms with Gasteiger partial charge in [-0.3, -0.25) is 25.0 Å². The smallest absolute Gasteiger partial charge is 0.300 e. The van der Waals surface area contributed by atoms with E-state index in [4.69, 9.17) is 4.74 Å². The number of benzene rings is 3. The van der Waals surface area contributed by atoms with Crippen LogP contribution in [0.1, 0.15) is 10.4 Å². The third kappa shape index (κ3) is 4.93. The summed E-state index contributed by atoms with van der Waals surface area (Å²) in [6, 6.07) is 17.6. The number of para-hydroxylation sites is 1. The van der Waals surface area contributed by atoms with Crippen molar-refractivity contribution in [2.24, 2.45) is 0 Å². The number of hydrogen-bond donors (Lipinski definition) is 1. The fourth-order valence-electron chi connectivity index (χ4n) is 2.91. The van der Waals surface area contributed by atoms with Gasteiger partial charge >= 0.3 is 0 Å². The molecule has 1 amide bonds. The number of carbonyl (C=O) groups is 1. The van der Waals surface area contributed by atoms with E-state index in [1.165, 1.54) is 19.0 Å². The Morgan fingerprint density at radius 2 is 1.39 bits per heavy atom. The number of anilines is 2. The molecule has 0 spiro atoms. The number of ether oxygens (including phenoxy) is 1. The molecule has 0 aliphatic rings. The summed E-state index contributed by atoms with van der Waals surface area (Å²) in [7, 11) is 2.91. The van der Waals surface area contributed by atoms with Crippen molar-refractivity contribution in [3.05, 3.63) is 92.5 Å². The van der Waals surface area contributed by atoms with E-state index in [2.05, 4.69) is 5.32 Å². The van der Waals surface area contributed by atoms with Gasteiger partial charge in [0.05, 0.1) is 15.4 Å². The number of nitro groups is 2. The Hall–Kier alpha value is -4.47. The number of nitrogens with one attached hydrogen (secondary N) is 1. The van der Waals surface area contributed by atoms with Crippen molar-refractivity contribution in [2.75, 3.05) is 24.3 Å². The minimum atomic E-state index is -0.755. The number of nitro benzene ring substituents is 2. The van der Waals surface area contributed by atoms with E-state index >= 15 is 0 Å². The van der Waals surface area contributed by atoms with Gasteiger partial charge < -0.3 is 15.0 Å². The first-order valence-corrected chi connectivity index (χ1v) is 9.04. The Balaban J connectivity index is 1.84. The molecule has 1 N–H and O–H groups in total. The standard InChI is InChI=1S/C21H18N4O6/c1-23(2)20-18(24(27)28)12-14(13-19(20)25(29)30)21(26)22-15-8-10-17(11-9-15)31-16-6-4-3-5-7-16/h3-13H,1-2H3,(H,22,26). The summed E-state index contributed by atoms with van der Waals surface area (Å²) in [4.78, 5) is 35.2. The molecule has 0 radical (unpaired) electrons. The normalized spacial score (nSPS) is 10.3. The fraction of sp³-hybridized carbons (Fsp3) is 0.0952. The number of nitrogens with zero attached hydrogens (tertiary/aromatic N) is 3. The molecule has 3 aromatic rings. The Bertz CT molecular complexity index is 1100. The molecular formula is C21H18N4O6. The van der Waals surface area contributed by atoms with Crippen molar-refractivity contribution in [2.45, 2.75) is 0 Å². The summed E-state index contributed by atoms with van der Waals surface area (Å²) in [6.45, 7) is 0. The van der Waals surface area contributed by atoms with E-state index in [0.717, 1.165) is 12.1 Å². The number of carbonyl (C=O) groups excluding carboxylic acids is 1. The van der Waals surface area contributed by atoms with Crippen LogP contribution < -0.4 is 15.0 Å². The predicted octanol–water partition coefficient (Wildman–Crippen LogP) is 4.61. The average Bonchev–Trinajstić information content (AvgIpc) is 2.74. The van der Waals surface area contributed by atoms with Crippen LogP contribution in [0.15, 0.2) is 66.7 Å². The fourth-order valence-corrected chi connectivity index (χ4v) is 2.91. The van der Waals surface area contributed by atoms with E-state index in [1.807, 2.05) is 18.2 Å². The van der Waals surface area contributed by atoms with Gasteiger partial charge in [-0.2, -0.15) is 0 Å². The quantitative estimate of drug-likeness (QED) is 0.435. The van der Waals surface area contributed by atoms with Crippen molar-refractivity contribution in [3.8, 4) is 11.5 Å². The van der Waals surface area contributed by atoms with Crippen LogP contribution in [-0.2, 0) is 0 Å². The van der Waals surface area contributed by atoms with Gasteiger partial charge in [0.15, 0.2) is 5.69 Å². The molecular weight excluding hydrogens is 404 g/mol. The number of rotatable bonds is 7. The zero-order chi connectivity index (χ0) is 22.5. The van der Waals surface area contributed by atoms with Gasteiger partial charge in [-0.25, -0.2) is 0 Å². The SMILES string of the molecule is CN(C)c1c([N+](=O)[O-])cc(C(=O)Nc2ccc(Oc3ccccc3)cc2)cc1[N+](=O)[O-]. The van der Waals surface area contributed by atoms with Gasteiger partial charge in [0.25, 0.3) is 17.3 Å². The first-order chi connectivity index (χ1) is 14.8. The second kappa shape index (κ2) is 8.91. The van der Waals surface area contributed by atoms with Crippen LogP contribution in [0.3, 0.4) is 0 Å². The lowest BCUT2D eigenvalue weighted by atomic mass is 10.1. The topological polar surface area (TPSA) is 128 Å². The summed E-state index contributed by atoms with van der Waals surface area (Å²) in [5, 5.41) is 25.4. The summed E-state index contributed by atoms with van der Waals surface area (Å²) in [5.74, 6) is 0.485. The van der Waals surface area contributed by atoms with Gasteiger partial charge in [-0.05, 0) is 36.4 Å². The molecule has 0 aliphatic heterocycles. The van der Waals surface area contributed by atoms with Crippen molar-refractivity contribution >= 4 is 28.7 Å². The van der Waals surface area contributed by atoms with E-state index in [-0.39, 0.29) is 11.3 Å². The summed E-state index contributed by atoms with van der Waals surface area (Å²) in [5.41, 5.74) is -1.05. The first kappa shape index (κ1) is 21.2. The molecule has 0 fully saturated rings. The summed E-state index contributed by atoms with van der Waals surface area (Å²) >= 11 is 0. The molecule has 0 bridgehead atoms. The molecule has 0 atom stereocenters. The van der Waals surface area contributed by atoms with E-state index in [1.54, 1.807) is 36.4 Å². The van der Waals surface area contributed by atoms with Crippen LogP contribution >= 0.6 is 0 Å². The van der Waals surface area contributed by atoms with Gasteiger partial charge in [-0.1, -0.05) is 18.2 Å². The highest BCUT2D eigenvalue weighted by molar-refractivity contribution is 6.06. The second-order valence-corrected chi connectivity index (χ2v) is 6.67. The van der Waals surface area contributed by atoms with Crippen LogP contribution in [0.4, 0.5) is 22.7 Å². The van der Waals surface area contributed by atoms with Crippen LogP contribution in [0, 0.1) is 20.2 Å². The maximum Gasteiger partial charge on any atom is 0.300 e. The van der Waals surface area contributed by atoms with E-state index < -0.39 is 27.1 Å². The largest absolute Gasteiger partial charge is 0.457 e. The highest BCUT2D eigenvalue weighted by Gasteiger charge is 2.30. The van der Waals surface area contributed by atoms with Crippen molar-refractivity contribution in [1.29, 1.82) is 0 Å². The van der Waals surface area contributed by atoms with Crippen LogP contribution in [0.5, 0.6) is 11.5 Å². The highest BCUT2D eigenvalue weighted by atomic mass is 16.6. The molecule has 31 heavy (non-hydrogen) atoms. The number of amides is 1. The molecule has 0 aromatic heterocycles. The maximum atomic E-state index is 12.6. The third-order valence-corrected chi connectivity index (χ3v) is 4.26. The Kier molecular flexibility index (Phi) is 6.10. The Morgan fingerprint density at radius 3 is 1.87 bits per heavy atom. The molecule has 0 heterocycles. The number of hydrogen-bond acceptors (Lipinski definition) is 7. The van der Waals surface area contributed by atoms with Gasteiger partial charge in [-0.15, -0.1) is 0 Å². The van der Waals surface area contributed by atoms with Gasteiger partial charge in [0, 0.05) is 31.9 Å². The molecule has 0 unspecified atom stereocenters. The highest BCUT2D eigenvalue weighted by Crippen LogP contribution is 2.37. The zero-order valence-electron chi connectivity index (χ0n) is 16.6. The molecule has 10 nitrogen and oxygen atoms in total. The molecule has 158 valence electrons. The summed E-state index contributed by atoms with van der Waals surface area (Å²) in [6.07, 6.45) is 0. The minimum absolute atomic E-state index is 0.186. The van der Waals surface area contributed by atoms with Gasteiger partial charge in [0.2, 0.25) is 0 Å². The minimum Gasteiger partial charge on any atom is -0.457 e.